The Kier molecular flexibility index (Phi) is 5.85. The molecule has 22 heavy (non-hydrogen) atoms. The number of thioether (sulfide) groups is 1. The Bertz CT molecular complexity index is 652. The van der Waals surface area contributed by atoms with Gasteiger partial charge in [-0.15, -0.1) is 23.1 Å². The summed E-state index contributed by atoms with van der Waals surface area (Å²) in [4.78, 5) is 24.8. The number of methoxy groups -OCH3 is 2. The highest BCUT2D eigenvalue weighted by Gasteiger charge is 2.15. The van der Waals surface area contributed by atoms with Crippen molar-refractivity contribution in [3.8, 4) is 5.75 Å². The molecule has 1 N–H and O–H groups in total. The first-order valence-electron chi connectivity index (χ1n) is 6.36. The quantitative estimate of drug-likeness (QED) is 0.647. The highest BCUT2D eigenvalue weighted by atomic mass is 32.2. The fourth-order valence-corrected chi connectivity index (χ4v) is 3.50. The van der Waals surface area contributed by atoms with Gasteiger partial charge in [0.25, 0.3) is 5.91 Å². The summed E-state index contributed by atoms with van der Waals surface area (Å²) < 4.78 is 9.67. The maximum Gasteiger partial charge on any atom is 0.315 e. The van der Waals surface area contributed by atoms with Crippen LogP contribution < -0.4 is 10.1 Å². The fourth-order valence-electron chi connectivity index (χ4n) is 1.63. The van der Waals surface area contributed by atoms with E-state index in [2.05, 4.69) is 10.1 Å². The summed E-state index contributed by atoms with van der Waals surface area (Å²) in [6.45, 7) is 0. The van der Waals surface area contributed by atoms with E-state index in [1.165, 1.54) is 30.2 Å². The highest BCUT2D eigenvalue weighted by molar-refractivity contribution is 8.00. The molecule has 2 rings (SSSR count). The third-order valence-corrected chi connectivity index (χ3v) is 4.83. The van der Waals surface area contributed by atoms with Gasteiger partial charge in [0.05, 0.1) is 20.0 Å². The highest BCUT2D eigenvalue weighted by Crippen LogP contribution is 2.28. The van der Waals surface area contributed by atoms with Gasteiger partial charge in [-0.25, -0.2) is 0 Å². The van der Waals surface area contributed by atoms with Crippen molar-refractivity contribution in [2.45, 2.75) is 4.90 Å². The number of carbonyl (C=O) groups is 2. The van der Waals surface area contributed by atoms with Crippen LogP contribution >= 0.6 is 23.1 Å². The van der Waals surface area contributed by atoms with Crippen LogP contribution in [0.3, 0.4) is 0 Å². The van der Waals surface area contributed by atoms with Crippen LogP contribution in [0, 0.1) is 0 Å². The van der Waals surface area contributed by atoms with Gasteiger partial charge in [-0.3, -0.25) is 9.59 Å². The van der Waals surface area contributed by atoms with Gasteiger partial charge in [0.15, 0.2) is 0 Å². The van der Waals surface area contributed by atoms with Crippen LogP contribution in [-0.2, 0) is 9.53 Å². The Labute approximate surface area is 136 Å². The molecular weight excluding hydrogens is 322 g/mol. The maximum atomic E-state index is 12.3. The second-order valence-electron chi connectivity index (χ2n) is 4.16. The summed E-state index contributed by atoms with van der Waals surface area (Å²) in [7, 11) is 2.93. The van der Waals surface area contributed by atoms with Crippen LogP contribution in [0.1, 0.15) is 9.67 Å². The molecule has 0 aliphatic rings. The van der Waals surface area contributed by atoms with Crippen LogP contribution in [0.5, 0.6) is 5.75 Å². The van der Waals surface area contributed by atoms with E-state index in [1.54, 1.807) is 31.4 Å². The molecule has 0 unspecified atom stereocenters. The van der Waals surface area contributed by atoms with Crippen LogP contribution in [-0.4, -0.2) is 31.8 Å². The summed E-state index contributed by atoms with van der Waals surface area (Å²) in [6.07, 6.45) is 0. The number of benzene rings is 1. The standard InChI is InChI=1S/C15H15NO4S2/c1-19-11-5-3-10(4-6-11)16-15(18)14-12(7-8-21-14)22-9-13(17)20-2/h3-8H,9H2,1-2H3,(H,16,18). The number of thiophene rings is 1. The average Bonchev–Trinajstić information content (AvgIpc) is 3.02. The van der Waals surface area contributed by atoms with E-state index in [9.17, 15) is 9.59 Å². The van der Waals surface area contributed by atoms with Gasteiger partial charge >= 0.3 is 5.97 Å². The summed E-state index contributed by atoms with van der Waals surface area (Å²) in [5, 5.41) is 4.65. The molecule has 0 atom stereocenters. The molecule has 0 aliphatic carbocycles. The van der Waals surface area contributed by atoms with Crippen LogP contribution in [0.25, 0.3) is 0 Å². The molecule has 0 bridgehead atoms. The minimum absolute atomic E-state index is 0.177. The molecule has 1 amide bonds. The first-order chi connectivity index (χ1) is 10.6. The van der Waals surface area contributed by atoms with Gasteiger partial charge in [0.1, 0.15) is 10.6 Å². The topological polar surface area (TPSA) is 64.6 Å². The van der Waals surface area contributed by atoms with Gasteiger partial charge < -0.3 is 14.8 Å². The number of amides is 1. The molecule has 1 aromatic heterocycles. The predicted molar refractivity (Wildman–Crippen MR) is 88.0 cm³/mol. The van der Waals surface area contributed by atoms with E-state index in [-0.39, 0.29) is 17.6 Å². The monoisotopic (exact) mass is 337 g/mol. The van der Waals surface area contributed by atoms with E-state index in [0.717, 1.165) is 10.6 Å². The molecule has 1 aromatic carbocycles. The zero-order valence-electron chi connectivity index (χ0n) is 12.1. The molecule has 7 heteroatoms. The molecule has 2 aromatic rings. The normalized spacial score (nSPS) is 10.1. The zero-order valence-corrected chi connectivity index (χ0v) is 13.8. The predicted octanol–water partition coefficient (Wildman–Crippen LogP) is 3.27. The van der Waals surface area contributed by atoms with E-state index < -0.39 is 0 Å². The van der Waals surface area contributed by atoms with E-state index in [4.69, 9.17) is 4.74 Å². The van der Waals surface area contributed by atoms with Crippen molar-refractivity contribution in [1.82, 2.24) is 0 Å². The molecule has 1 heterocycles. The third-order valence-electron chi connectivity index (χ3n) is 2.76. The van der Waals surface area contributed by atoms with Crippen molar-refractivity contribution in [2.75, 3.05) is 25.3 Å². The fraction of sp³-hybridized carbons (Fsp3) is 0.200. The summed E-state index contributed by atoms with van der Waals surface area (Å²) >= 11 is 2.62. The number of hydrogen-bond acceptors (Lipinski definition) is 6. The second kappa shape index (κ2) is 7.86. The van der Waals surface area contributed by atoms with Gasteiger partial charge in [-0.05, 0) is 35.7 Å². The Hall–Kier alpha value is -1.99. The number of esters is 1. The van der Waals surface area contributed by atoms with Gasteiger partial charge in [0.2, 0.25) is 0 Å². The Morgan fingerprint density at radius 1 is 1.18 bits per heavy atom. The van der Waals surface area contributed by atoms with Crippen LogP contribution in [0.15, 0.2) is 40.6 Å². The molecule has 0 saturated carbocycles. The number of anilines is 1. The average molecular weight is 337 g/mol. The number of ether oxygens (including phenoxy) is 2. The second-order valence-corrected chi connectivity index (χ2v) is 6.09. The molecule has 0 fully saturated rings. The van der Waals surface area contributed by atoms with Gasteiger partial charge in [-0.1, -0.05) is 0 Å². The molecular formula is C15H15NO4S2. The van der Waals surface area contributed by atoms with Gasteiger partial charge in [-0.2, -0.15) is 0 Å². The third kappa shape index (κ3) is 4.25. The number of carbonyl (C=O) groups excluding carboxylic acids is 2. The smallest absolute Gasteiger partial charge is 0.315 e. The molecule has 0 saturated heterocycles. The van der Waals surface area contributed by atoms with E-state index in [1.807, 2.05) is 11.4 Å². The molecule has 0 spiro atoms. The number of nitrogens with one attached hydrogen (secondary N) is 1. The minimum atomic E-state index is -0.322. The largest absolute Gasteiger partial charge is 0.497 e. The lowest BCUT2D eigenvalue weighted by Gasteiger charge is -2.07. The zero-order chi connectivity index (χ0) is 15.9. The summed E-state index contributed by atoms with van der Waals surface area (Å²) in [6, 6.07) is 8.91. The van der Waals surface area contributed by atoms with Crippen LogP contribution in [0.2, 0.25) is 0 Å². The van der Waals surface area contributed by atoms with Crippen LogP contribution in [0.4, 0.5) is 5.69 Å². The maximum absolute atomic E-state index is 12.3. The van der Waals surface area contributed by atoms with Crippen molar-refractivity contribution in [3.63, 3.8) is 0 Å². The van der Waals surface area contributed by atoms with Crippen molar-refractivity contribution in [3.05, 3.63) is 40.6 Å². The number of hydrogen-bond donors (Lipinski definition) is 1. The molecule has 0 aliphatic heterocycles. The first-order valence-corrected chi connectivity index (χ1v) is 8.23. The number of rotatable bonds is 6. The Balaban J connectivity index is 2.03. The van der Waals surface area contributed by atoms with Crippen molar-refractivity contribution < 1.29 is 19.1 Å². The Morgan fingerprint density at radius 2 is 1.91 bits per heavy atom. The van der Waals surface area contributed by atoms with Crippen molar-refractivity contribution in [1.29, 1.82) is 0 Å². The van der Waals surface area contributed by atoms with Gasteiger partial charge in [0, 0.05) is 10.6 Å². The summed E-state index contributed by atoms with van der Waals surface area (Å²) in [5.74, 6) is 0.379. The SMILES string of the molecule is COC(=O)CSc1ccsc1C(=O)Nc1ccc(OC)cc1. The minimum Gasteiger partial charge on any atom is -0.497 e. The Morgan fingerprint density at radius 3 is 2.55 bits per heavy atom. The van der Waals surface area contributed by atoms with E-state index in [0.29, 0.717) is 10.6 Å². The van der Waals surface area contributed by atoms with E-state index >= 15 is 0 Å². The molecule has 5 nitrogen and oxygen atoms in total. The lowest BCUT2D eigenvalue weighted by molar-refractivity contribution is -0.137. The lowest BCUT2D eigenvalue weighted by Crippen LogP contribution is -2.11. The van der Waals surface area contributed by atoms with Crippen molar-refractivity contribution >= 4 is 40.7 Å². The lowest BCUT2D eigenvalue weighted by atomic mass is 10.3. The van der Waals surface area contributed by atoms with Crippen molar-refractivity contribution in [2.24, 2.45) is 0 Å². The summed E-state index contributed by atoms with van der Waals surface area (Å²) in [5.41, 5.74) is 0.683. The molecule has 0 radical (unpaired) electrons. The first kappa shape index (κ1) is 16.4. The molecule has 116 valence electrons.